The van der Waals surface area contributed by atoms with Crippen molar-refractivity contribution in [3.8, 4) is 5.75 Å². The Bertz CT molecular complexity index is 595. The third-order valence-electron chi connectivity index (χ3n) is 3.03. The highest BCUT2D eigenvalue weighted by molar-refractivity contribution is 5.88. The van der Waals surface area contributed by atoms with Crippen molar-refractivity contribution >= 4 is 16.7 Å². The second kappa shape index (κ2) is 5.71. The molecule has 4 nitrogen and oxygen atoms in total. The van der Waals surface area contributed by atoms with Crippen LogP contribution >= 0.6 is 0 Å². The molecule has 19 heavy (non-hydrogen) atoms. The quantitative estimate of drug-likeness (QED) is 0.823. The van der Waals surface area contributed by atoms with Gasteiger partial charge >= 0.3 is 5.97 Å². The Morgan fingerprint density at radius 1 is 1.32 bits per heavy atom. The summed E-state index contributed by atoms with van der Waals surface area (Å²) in [6, 6.07) is 10.4. The second-order valence-electron chi connectivity index (χ2n) is 4.35. The van der Waals surface area contributed by atoms with Crippen LogP contribution in [0.3, 0.4) is 0 Å². The van der Waals surface area contributed by atoms with Gasteiger partial charge in [0, 0.05) is 12.0 Å². The number of carbonyl (C=O) groups excluding carboxylic acids is 1. The molecule has 1 unspecified atom stereocenters. The predicted octanol–water partition coefficient (Wildman–Crippen LogP) is 1.98. The number of hydrogen-bond acceptors (Lipinski definition) is 4. The van der Waals surface area contributed by atoms with E-state index in [4.69, 9.17) is 10.5 Å². The Kier molecular flexibility index (Phi) is 4.02. The molecule has 2 aromatic carbocycles. The lowest BCUT2D eigenvalue weighted by Crippen LogP contribution is -2.34. The second-order valence-corrected chi connectivity index (χ2v) is 4.35. The Balaban J connectivity index is 2.34. The lowest BCUT2D eigenvalue weighted by Gasteiger charge is -2.13. The summed E-state index contributed by atoms with van der Waals surface area (Å²) in [7, 11) is 0. The van der Waals surface area contributed by atoms with Gasteiger partial charge in [0.2, 0.25) is 0 Å². The van der Waals surface area contributed by atoms with Gasteiger partial charge in [0.05, 0.1) is 6.61 Å². The Morgan fingerprint density at radius 3 is 2.79 bits per heavy atom. The normalized spacial score (nSPS) is 12.3. The molecule has 0 saturated carbocycles. The first kappa shape index (κ1) is 13.4. The van der Waals surface area contributed by atoms with Crippen LogP contribution in [-0.4, -0.2) is 23.7 Å². The van der Waals surface area contributed by atoms with Gasteiger partial charge in [0.1, 0.15) is 11.8 Å². The van der Waals surface area contributed by atoms with Crippen LogP contribution in [0, 0.1) is 0 Å². The molecule has 100 valence electrons. The largest absolute Gasteiger partial charge is 0.508 e. The summed E-state index contributed by atoms with van der Waals surface area (Å²) in [6.07, 6.45) is 0.256. The van der Waals surface area contributed by atoms with Gasteiger partial charge in [-0.05, 0) is 23.8 Å². The van der Waals surface area contributed by atoms with Gasteiger partial charge < -0.3 is 15.6 Å². The summed E-state index contributed by atoms with van der Waals surface area (Å²) < 4.78 is 4.88. The highest BCUT2D eigenvalue weighted by Gasteiger charge is 2.18. The van der Waals surface area contributed by atoms with Crippen molar-refractivity contribution in [2.75, 3.05) is 6.61 Å². The fourth-order valence-corrected chi connectivity index (χ4v) is 2.09. The molecule has 0 amide bonds. The zero-order valence-electron chi connectivity index (χ0n) is 10.8. The molecule has 0 fully saturated rings. The van der Waals surface area contributed by atoms with Crippen LogP contribution in [-0.2, 0) is 16.0 Å². The molecule has 4 heteroatoms. The van der Waals surface area contributed by atoms with Gasteiger partial charge in [-0.2, -0.15) is 0 Å². The van der Waals surface area contributed by atoms with Crippen LogP contribution in [0.15, 0.2) is 36.4 Å². The number of phenols is 1. The minimum absolute atomic E-state index is 0.151. The third kappa shape index (κ3) is 2.85. The van der Waals surface area contributed by atoms with E-state index >= 15 is 0 Å². The fourth-order valence-electron chi connectivity index (χ4n) is 2.09. The third-order valence-corrected chi connectivity index (χ3v) is 3.03. The van der Waals surface area contributed by atoms with Crippen molar-refractivity contribution in [1.29, 1.82) is 0 Å². The van der Waals surface area contributed by atoms with Gasteiger partial charge in [-0.15, -0.1) is 0 Å². The van der Waals surface area contributed by atoms with Crippen molar-refractivity contribution in [2.24, 2.45) is 5.73 Å². The monoisotopic (exact) mass is 259 g/mol. The van der Waals surface area contributed by atoms with Crippen LogP contribution < -0.4 is 5.73 Å². The predicted molar refractivity (Wildman–Crippen MR) is 73.9 cm³/mol. The molecule has 0 aromatic heterocycles. The molecule has 0 radical (unpaired) electrons. The lowest BCUT2D eigenvalue weighted by molar-refractivity contribution is -0.144. The van der Waals surface area contributed by atoms with Crippen molar-refractivity contribution in [3.63, 3.8) is 0 Å². The molecule has 2 aromatic rings. The van der Waals surface area contributed by atoms with Crippen LogP contribution in [0.25, 0.3) is 10.8 Å². The molecule has 0 heterocycles. The fraction of sp³-hybridized carbons (Fsp3) is 0.267. The Labute approximate surface area is 111 Å². The summed E-state index contributed by atoms with van der Waals surface area (Å²) in [5.41, 5.74) is 6.49. The standard InChI is InChI=1S/C15H17NO3/c1-2-19-15(18)13(16)9-12-11-6-4-3-5-10(11)7-8-14(12)17/h3-8,13,17H,2,9,16H2,1H3. The first-order valence-electron chi connectivity index (χ1n) is 6.25. The maximum atomic E-state index is 11.6. The van der Waals surface area contributed by atoms with E-state index in [-0.39, 0.29) is 12.2 Å². The van der Waals surface area contributed by atoms with E-state index in [1.54, 1.807) is 13.0 Å². The molecular formula is C15H17NO3. The first-order valence-corrected chi connectivity index (χ1v) is 6.25. The Hall–Kier alpha value is -2.07. The van der Waals surface area contributed by atoms with E-state index in [0.717, 1.165) is 10.8 Å². The molecule has 0 aliphatic rings. The summed E-state index contributed by atoms with van der Waals surface area (Å²) in [6.45, 7) is 2.04. The molecule has 0 aliphatic heterocycles. The minimum Gasteiger partial charge on any atom is -0.508 e. The number of carbonyl (C=O) groups is 1. The molecule has 0 aliphatic carbocycles. The minimum atomic E-state index is -0.767. The number of ether oxygens (including phenoxy) is 1. The molecule has 3 N–H and O–H groups in total. The van der Waals surface area contributed by atoms with Crippen molar-refractivity contribution in [3.05, 3.63) is 42.0 Å². The number of esters is 1. The highest BCUT2D eigenvalue weighted by Crippen LogP contribution is 2.28. The van der Waals surface area contributed by atoms with E-state index in [9.17, 15) is 9.90 Å². The zero-order valence-corrected chi connectivity index (χ0v) is 10.8. The van der Waals surface area contributed by atoms with Gasteiger partial charge in [0.15, 0.2) is 0 Å². The van der Waals surface area contributed by atoms with Gasteiger partial charge in [-0.1, -0.05) is 30.3 Å². The number of aromatic hydroxyl groups is 1. The molecule has 1 atom stereocenters. The van der Waals surface area contributed by atoms with E-state index in [2.05, 4.69) is 0 Å². The lowest BCUT2D eigenvalue weighted by atomic mass is 9.98. The van der Waals surface area contributed by atoms with Crippen LogP contribution in [0.2, 0.25) is 0 Å². The van der Waals surface area contributed by atoms with Crippen molar-refractivity contribution < 1.29 is 14.6 Å². The van der Waals surface area contributed by atoms with Gasteiger partial charge in [0.25, 0.3) is 0 Å². The topological polar surface area (TPSA) is 72.5 Å². The number of nitrogens with two attached hydrogens (primary N) is 1. The van der Waals surface area contributed by atoms with E-state index < -0.39 is 12.0 Å². The number of phenolic OH excluding ortho intramolecular Hbond substituents is 1. The average Bonchev–Trinajstić information content (AvgIpc) is 2.42. The SMILES string of the molecule is CCOC(=O)C(N)Cc1c(O)ccc2ccccc12. The summed E-state index contributed by atoms with van der Waals surface area (Å²) >= 11 is 0. The Morgan fingerprint density at radius 2 is 2.05 bits per heavy atom. The molecule has 0 spiro atoms. The maximum absolute atomic E-state index is 11.6. The number of fused-ring (bicyclic) bond motifs is 1. The van der Waals surface area contributed by atoms with Crippen LogP contribution in [0.4, 0.5) is 0 Å². The molecular weight excluding hydrogens is 242 g/mol. The van der Waals surface area contributed by atoms with E-state index in [1.807, 2.05) is 30.3 Å². The molecule has 2 rings (SSSR count). The van der Waals surface area contributed by atoms with Crippen LogP contribution in [0.5, 0.6) is 5.75 Å². The number of rotatable bonds is 4. The zero-order chi connectivity index (χ0) is 13.8. The summed E-state index contributed by atoms with van der Waals surface area (Å²) in [5.74, 6) is -0.298. The number of hydrogen-bond donors (Lipinski definition) is 2. The van der Waals surface area contributed by atoms with Gasteiger partial charge in [-0.25, -0.2) is 0 Å². The maximum Gasteiger partial charge on any atom is 0.323 e. The van der Waals surface area contributed by atoms with Crippen molar-refractivity contribution in [2.45, 2.75) is 19.4 Å². The number of benzene rings is 2. The first-order chi connectivity index (χ1) is 9.13. The molecule has 0 bridgehead atoms. The summed E-state index contributed by atoms with van der Waals surface area (Å²) in [4.78, 5) is 11.6. The smallest absolute Gasteiger partial charge is 0.323 e. The highest BCUT2D eigenvalue weighted by atomic mass is 16.5. The van der Waals surface area contributed by atoms with E-state index in [0.29, 0.717) is 12.2 Å². The molecule has 0 saturated heterocycles. The van der Waals surface area contributed by atoms with Crippen molar-refractivity contribution in [1.82, 2.24) is 0 Å². The average molecular weight is 259 g/mol. The van der Waals surface area contributed by atoms with Crippen LogP contribution in [0.1, 0.15) is 12.5 Å². The van der Waals surface area contributed by atoms with Gasteiger partial charge in [-0.3, -0.25) is 4.79 Å². The summed E-state index contributed by atoms with van der Waals surface area (Å²) in [5, 5.41) is 11.9. The van der Waals surface area contributed by atoms with E-state index in [1.165, 1.54) is 0 Å².